The third kappa shape index (κ3) is 5.17. The molecule has 1 aliphatic heterocycles. The van der Waals surface area contributed by atoms with Crippen LogP contribution in [0.5, 0.6) is 0 Å². The maximum absolute atomic E-state index is 13.5. The molecule has 5 nitrogen and oxygen atoms in total. The largest absolute Gasteiger partial charge is 0.384 e. The highest BCUT2D eigenvalue weighted by Gasteiger charge is 2.34. The summed E-state index contributed by atoms with van der Waals surface area (Å²) >= 11 is 0. The van der Waals surface area contributed by atoms with Crippen LogP contribution in [0, 0.1) is 5.92 Å². The number of fused-ring (bicyclic) bond motifs is 1. The number of rotatable bonds is 9. The summed E-state index contributed by atoms with van der Waals surface area (Å²) in [4.78, 5) is 19.8. The molecule has 5 heteroatoms. The van der Waals surface area contributed by atoms with E-state index in [1.54, 1.807) is 6.20 Å². The van der Waals surface area contributed by atoms with Crippen molar-refractivity contribution in [2.75, 3.05) is 16.8 Å². The Hall–Kier alpha value is -2.82. The molecule has 0 aliphatic carbocycles. The van der Waals surface area contributed by atoms with Crippen molar-refractivity contribution in [1.82, 2.24) is 10.3 Å². The Balaban J connectivity index is 1.89. The minimum absolute atomic E-state index is 0.0687. The lowest BCUT2D eigenvalue weighted by Crippen LogP contribution is -2.51. The van der Waals surface area contributed by atoms with Gasteiger partial charge in [-0.05, 0) is 49.4 Å². The van der Waals surface area contributed by atoms with Crippen molar-refractivity contribution in [1.29, 1.82) is 0 Å². The van der Waals surface area contributed by atoms with Gasteiger partial charge in [-0.25, -0.2) is 0 Å². The maximum atomic E-state index is 13.5. The highest BCUT2D eigenvalue weighted by Crippen LogP contribution is 2.36. The first kappa shape index (κ1) is 20.9. The number of hydrogen-bond donors (Lipinski definition) is 2. The van der Waals surface area contributed by atoms with Crippen molar-refractivity contribution in [3.63, 3.8) is 0 Å². The van der Waals surface area contributed by atoms with Crippen molar-refractivity contribution in [2.24, 2.45) is 5.92 Å². The maximum Gasteiger partial charge on any atom is 0.250 e. The second kappa shape index (κ2) is 9.59. The van der Waals surface area contributed by atoms with Crippen molar-refractivity contribution in [3.8, 4) is 0 Å². The number of carbonyl (C=O) groups is 1. The van der Waals surface area contributed by atoms with E-state index in [2.05, 4.69) is 55.1 Å². The zero-order chi connectivity index (χ0) is 20.8. The van der Waals surface area contributed by atoms with E-state index in [4.69, 9.17) is 0 Å². The summed E-state index contributed by atoms with van der Waals surface area (Å²) < 4.78 is 0. The lowest BCUT2D eigenvalue weighted by molar-refractivity contribution is -0.121. The molecule has 0 fully saturated rings. The Morgan fingerprint density at radius 2 is 2.10 bits per heavy atom. The number of nitrogens with zero attached hydrogens (tertiary/aromatic N) is 2. The van der Waals surface area contributed by atoms with Crippen molar-refractivity contribution in [2.45, 2.75) is 52.6 Å². The minimum atomic E-state index is -0.303. The monoisotopic (exact) mass is 392 g/mol. The Morgan fingerprint density at radius 3 is 2.79 bits per heavy atom. The summed E-state index contributed by atoms with van der Waals surface area (Å²) in [6.07, 6.45) is 4.37. The molecule has 0 saturated carbocycles. The number of nitrogens with one attached hydrogen (secondary N) is 2. The molecule has 0 saturated heterocycles. The van der Waals surface area contributed by atoms with Gasteiger partial charge in [0.25, 0.3) is 0 Å². The van der Waals surface area contributed by atoms with Crippen LogP contribution in [-0.4, -0.2) is 23.5 Å². The van der Waals surface area contributed by atoms with Gasteiger partial charge in [0.2, 0.25) is 5.91 Å². The second-order valence-electron chi connectivity index (χ2n) is 8.03. The molecule has 0 spiro atoms. The summed E-state index contributed by atoms with van der Waals surface area (Å²) in [6.45, 7) is 11.9. The summed E-state index contributed by atoms with van der Waals surface area (Å²) in [5.41, 5.74) is 4.92. The normalized spacial score (nSPS) is 15.9. The highest BCUT2D eigenvalue weighted by molar-refractivity contribution is 6.03. The van der Waals surface area contributed by atoms with Crippen LogP contribution < -0.4 is 15.5 Å². The third-order valence-electron chi connectivity index (χ3n) is 5.19. The Kier molecular flexibility index (Phi) is 6.91. The fourth-order valence-corrected chi connectivity index (χ4v) is 3.72. The number of para-hydroxylation sites is 1. The topological polar surface area (TPSA) is 57.3 Å². The summed E-state index contributed by atoms with van der Waals surface area (Å²) in [5, 5.41) is 6.81. The number of benzene rings is 1. The first-order chi connectivity index (χ1) is 14.0. The summed E-state index contributed by atoms with van der Waals surface area (Å²) in [7, 11) is 0. The van der Waals surface area contributed by atoms with Gasteiger partial charge in [0.15, 0.2) is 0 Å². The molecule has 2 aromatic rings. The number of aromatic nitrogens is 1. The molecular formula is C24H32N4O. The van der Waals surface area contributed by atoms with E-state index < -0.39 is 0 Å². The van der Waals surface area contributed by atoms with E-state index in [9.17, 15) is 4.79 Å². The van der Waals surface area contributed by atoms with Crippen LogP contribution in [0.15, 0.2) is 54.9 Å². The number of hydrogen-bond acceptors (Lipinski definition) is 4. The van der Waals surface area contributed by atoms with Gasteiger partial charge >= 0.3 is 0 Å². The first-order valence-corrected chi connectivity index (χ1v) is 10.5. The first-order valence-electron chi connectivity index (χ1n) is 10.5. The lowest BCUT2D eigenvalue weighted by atomic mass is 9.95. The fraction of sp³-hybridized carbons (Fsp3) is 0.417. The van der Waals surface area contributed by atoms with E-state index in [-0.39, 0.29) is 11.9 Å². The van der Waals surface area contributed by atoms with Gasteiger partial charge < -0.3 is 15.5 Å². The molecule has 0 radical (unpaired) electrons. The second-order valence-corrected chi connectivity index (χ2v) is 8.03. The quantitative estimate of drug-likeness (QED) is 0.659. The zero-order valence-electron chi connectivity index (χ0n) is 17.7. The van der Waals surface area contributed by atoms with Crippen molar-refractivity contribution >= 4 is 17.3 Å². The van der Waals surface area contributed by atoms with E-state index in [0.29, 0.717) is 18.9 Å². The molecule has 1 aromatic heterocycles. The van der Waals surface area contributed by atoms with Gasteiger partial charge in [-0.3, -0.25) is 9.78 Å². The third-order valence-corrected chi connectivity index (χ3v) is 5.19. The minimum Gasteiger partial charge on any atom is -0.384 e. The molecular weight excluding hydrogens is 360 g/mol. The molecule has 2 N–H and O–H groups in total. The molecule has 1 atom stereocenters. The molecule has 154 valence electrons. The molecule has 29 heavy (non-hydrogen) atoms. The summed E-state index contributed by atoms with van der Waals surface area (Å²) in [6, 6.07) is 11.7. The summed E-state index contributed by atoms with van der Waals surface area (Å²) in [5.74, 6) is 0.680. The van der Waals surface area contributed by atoms with Gasteiger partial charge in [-0.2, -0.15) is 0 Å². The number of carbonyl (C=O) groups excluding carboxylic acids is 1. The van der Waals surface area contributed by atoms with Crippen LogP contribution in [0.25, 0.3) is 0 Å². The zero-order valence-corrected chi connectivity index (χ0v) is 17.7. The Morgan fingerprint density at radius 1 is 1.28 bits per heavy atom. The molecule has 1 aliphatic rings. The number of allylic oxidation sites excluding steroid dienone is 1. The molecule has 3 rings (SSSR count). The molecule has 0 bridgehead atoms. The van der Waals surface area contributed by atoms with Crippen LogP contribution in [0.2, 0.25) is 0 Å². The van der Waals surface area contributed by atoms with Gasteiger partial charge in [0, 0.05) is 24.9 Å². The van der Waals surface area contributed by atoms with Gasteiger partial charge in [0.05, 0.1) is 23.6 Å². The van der Waals surface area contributed by atoms with E-state index in [1.165, 1.54) is 0 Å². The van der Waals surface area contributed by atoms with Crippen LogP contribution in [0.4, 0.5) is 11.4 Å². The van der Waals surface area contributed by atoms with Gasteiger partial charge in [-0.1, -0.05) is 38.6 Å². The van der Waals surface area contributed by atoms with Crippen molar-refractivity contribution in [3.05, 3.63) is 66.1 Å². The van der Waals surface area contributed by atoms with Crippen LogP contribution in [-0.2, 0) is 17.8 Å². The van der Waals surface area contributed by atoms with Crippen LogP contribution in [0.3, 0.4) is 0 Å². The van der Waals surface area contributed by atoms with E-state index in [0.717, 1.165) is 47.7 Å². The number of anilines is 2. The fourth-order valence-electron chi connectivity index (χ4n) is 3.72. The predicted octanol–water partition coefficient (Wildman–Crippen LogP) is 4.51. The van der Waals surface area contributed by atoms with Crippen molar-refractivity contribution < 1.29 is 4.79 Å². The highest BCUT2D eigenvalue weighted by atomic mass is 16.2. The molecule has 2 heterocycles. The smallest absolute Gasteiger partial charge is 0.250 e. The molecule has 1 unspecified atom stereocenters. The average molecular weight is 393 g/mol. The van der Waals surface area contributed by atoms with Crippen LogP contribution >= 0.6 is 0 Å². The Labute approximate surface area is 174 Å². The number of amides is 1. The SMILES string of the molecule is C=C(CCC(C)C)NC1Cc2cccc(NCC)c2N(Cc2ccccn2)C1=O. The predicted molar refractivity (Wildman–Crippen MR) is 120 cm³/mol. The average Bonchev–Trinajstić information content (AvgIpc) is 2.70. The van der Waals surface area contributed by atoms with E-state index >= 15 is 0 Å². The van der Waals surface area contributed by atoms with Gasteiger partial charge in [-0.15, -0.1) is 0 Å². The van der Waals surface area contributed by atoms with Gasteiger partial charge in [0.1, 0.15) is 6.04 Å². The Bertz CT molecular complexity index is 847. The molecule has 1 amide bonds. The standard InChI is InChI=1S/C24H32N4O/c1-5-25-21-11-8-9-19-15-22(27-18(4)13-12-17(2)3)24(29)28(23(19)21)16-20-10-6-7-14-26-20/h6-11,14,17,22,25,27H,4-5,12-13,15-16H2,1-3H3. The molecule has 1 aromatic carbocycles. The lowest BCUT2D eigenvalue weighted by Gasteiger charge is -2.36. The van der Waals surface area contributed by atoms with Crippen LogP contribution in [0.1, 0.15) is 44.9 Å². The van der Waals surface area contributed by atoms with E-state index in [1.807, 2.05) is 29.2 Å². The number of pyridine rings is 1.